The highest BCUT2D eigenvalue weighted by atomic mass is 79.9. The fourth-order valence-electron chi connectivity index (χ4n) is 1.36. The van der Waals surface area contributed by atoms with Gasteiger partial charge in [0, 0.05) is 25.6 Å². The van der Waals surface area contributed by atoms with Crippen molar-refractivity contribution in [2.24, 2.45) is 0 Å². The third kappa shape index (κ3) is 1.85. The minimum absolute atomic E-state index is 0.0975. The van der Waals surface area contributed by atoms with Crippen molar-refractivity contribution in [1.82, 2.24) is 4.90 Å². The van der Waals surface area contributed by atoms with Gasteiger partial charge >= 0.3 is 0 Å². The van der Waals surface area contributed by atoms with E-state index in [2.05, 4.69) is 15.9 Å². The number of nitrogens with zero attached hydrogens (tertiary/aromatic N) is 1. The van der Waals surface area contributed by atoms with E-state index in [9.17, 15) is 4.79 Å². The van der Waals surface area contributed by atoms with Crippen molar-refractivity contribution < 1.29 is 9.53 Å². The summed E-state index contributed by atoms with van der Waals surface area (Å²) in [5, 5.41) is 1.87. The summed E-state index contributed by atoms with van der Waals surface area (Å²) in [6, 6.07) is 1.85. The van der Waals surface area contributed by atoms with Gasteiger partial charge in [0.05, 0.1) is 15.5 Å². The van der Waals surface area contributed by atoms with Gasteiger partial charge in [-0.1, -0.05) is 0 Å². The zero-order chi connectivity index (χ0) is 10.1. The maximum absolute atomic E-state index is 11.8. The molecule has 0 spiro atoms. The molecule has 0 N–H and O–H groups in total. The van der Waals surface area contributed by atoms with E-state index < -0.39 is 0 Å². The molecular formula is C9H10BrNO2S. The Morgan fingerprint density at radius 1 is 1.71 bits per heavy atom. The first-order valence-electron chi connectivity index (χ1n) is 4.27. The Morgan fingerprint density at radius 3 is 2.93 bits per heavy atom. The molecule has 2 heterocycles. The number of hydrogen-bond acceptors (Lipinski definition) is 3. The summed E-state index contributed by atoms with van der Waals surface area (Å²) in [7, 11) is 1.67. The number of amides is 1. The van der Waals surface area contributed by atoms with Gasteiger partial charge in [0.15, 0.2) is 0 Å². The van der Waals surface area contributed by atoms with Gasteiger partial charge in [0.2, 0.25) is 0 Å². The highest BCUT2D eigenvalue weighted by Crippen LogP contribution is 2.23. The number of likely N-dealkylation sites (tertiary alicyclic amines) is 1. The van der Waals surface area contributed by atoms with Gasteiger partial charge in [-0.05, 0) is 22.0 Å². The molecular weight excluding hydrogens is 266 g/mol. The van der Waals surface area contributed by atoms with Gasteiger partial charge in [0.25, 0.3) is 5.91 Å². The number of methoxy groups -OCH3 is 1. The van der Waals surface area contributed by atoms with E-state index >= 15 is 0 Å². The standard InChI is InChI=1S/C9H10BrNO2S/c1-13-7-3-11(4-7)9(12)6-2-8(10)14-5-6/h2,5,7H,3-4H2,1H3. The second kappa shape index (κ2) is 4.00. The van der Waals surface area contributed by atoms with Crippen molar-refractivity contribution in [3.05, 3.63) is 20.8 Å². The Morgan fingerprint density at radius 2 is 2.43 bits per heavy atom. The molecule has 1 saturated heterocycles. The van der Waals surface area contributed by atoms with Gasteiger partial charge in [-0.3, -0.25) is 4.79 Å². The molecule has 1 aromatic heterocycles. The summed E-state index contributed by atoms with van der Waals surface area (Å²) < 4.78 is 6.10. The number of carbonyl (C=O) groups is 1. The largest absolute Gasteiger partial charge is 0.378 e. The number of halogens is 1. The molecule has 0 radical (unpaired) electrons. The van der Waals surface area contributed by atoms with E-state index in [-0.39, 0.29) is 12.0 Å². The van der Waals surface area contributed by atoms with Gasteiger partial charge in [0.1, 0.15) is 0 Å². The van der Waals surface area contributed by atoms with Crippen molar-refractivity contribution in [3.63, 3.8) is 0 Å². The third-order valence-electron chi connectivity index (χ3n) is 2.28. The summed E-state index contributed by atoms with van der Waals surface area (Å²) in [6.07, 6.45) is 0.223. The van der Waals surface area contributed by atoms with E-state index in [1.165, 1.54) is 11.3 Å². The van der Waals surface area contributed by atoms with Crippen molar-refractivity contribution in [1.29, 1.82) is 0 Å². The molecule has 0 saturated carbocycles. The highest BCUT2D eigenvalue weighted by molar-refractivity contribution is 9.11. The van der Waals surface area contributed by atoms with Crippen LogP contribution in [-0.4, -0.2) is 37.1 Å². The van der Waals surface area contributed by atoms with E-state index in [0.717, 1.165) is 9.35 Å². The Kier molecular flexibility index (Phi) is 2.90. The predicted octanol–water partition coefficient (Wildman–Crippen LogP) is 1.98. The van der Waals surface area contributed by atoms with Gasteiger partial charge < -0.3 is 9.64 Å². The Balaban J connectivity index is 1.97. The zero-order valence-electron chi connectivity index (χ0n) is 7.70. The van der Waals surface area contributed by atoms with Crippen LogP contribution in [0.3, 0.4) is 0 Å². The van der Waals surface area contributed by atoms with Crippen LogP contribution in [0, 0.1) is 0 Å². The molecule has 3 nitrogen and oxygen atoms in total. The molecule has 1 aromatic rings. The SMILES string of the molecule is COC1CN(C(=O)c2csc(Br)c2)C1. The van der Waals surface area contributed by atoms with Gasteiger partial charge in [-0.15, -0.1) is 11.3 Å². The van der Waals surface area contributed by atoms with Crippen LogP contribution in [0.4, 0.5) is 0 Å². The van der Waals surface area contributed by atoms with Crippen LogP contribution in [0.2, 0.25) is 0 Å². The second-order valence-corrected chi connectivity index (χ2v) is 5.50. The highest BCUT2D eigenvalue weighted by Gasteiger charge is 2.31. The lowest BCUT2D eigenvalue weighted by atomic mass is 10.1. The molecule has 0 aliphatic carbocycles. The summed E-state index contributed by atoms with van der Waals surface area (Å²) in [6.45, 7) is 1.42. The monoisotopic (exact) mass is 275 g/mol. The fraction of sp³-hybridized carbons (Fsp3) is 0.444. The topological polar surface area (TPSA) is 29.5 Å². The Labute approximate surface area is 94.8 Å². The van der Waals surface area contributed by atoms with Crippen molar-refractivity contribution in [2.45, 2.75) is 6.10 Å². The number of hydrogen-bond donors (Lipinski definition) is 0. The quantitative estimate of drug-likeness (QED) is 0.826. The normalized spacial score (nSPS) is 16.9. The lowest BCUT2D eigenvalue weighted by molar-refractivity contribution is -0.0191. The average Bonchev–Trinajstić information content (AvgIpc) is 2.49. The molecule has 5 heteroatoms. The maximum Gasteiger partial charge on any atom is 0.254 e. The molecule has 1 aliphatic rings. The molecule has 76 valence electrons. The molecule has 0 bridgehead atoms. The summed E-state index contributed by atoms with van der Waals surface area (Å²) >= 11 is 4.87. The van der Waals surface area contributed by atoms with Crippen LogP contribution < -0.4 is 0 Å². The van der Waals surface area contributed by atoms with Gasteiger partial charge in [-0.2, -0.15) is 0 Å². The van der Waals surface area contributed by atoms with Crippen molar-refractivity contribution >= 4 is 33.2 Å². The average molecular weight is 276 g/mol. The molecule has 14 heavy (non-hydrogen) atoms. The Bertz CT molecular complexity index is 346. The molecule has 0 atom stereocenters. The van der Waals surface area contributed by atoms with Crippen LogP contribution in [0.5, 0.6) is 0 Å². The number of ether oxygens (including phenoxy) is 1. The molecule has 0 aromatic carbocycles. The third-order valence-corrected chi connectivity index (χ3v) is 3.79. The van der Waals surface area contributed by atoms with E-state index in [4.69, 9.17) is 4.74 Å². The smallest absolute Gasteiger partial charge is 0.254 e. The number of rotatable bonds is 2. The minimum atomic E-state index is 0.0975. The Hall–Kier alpha value is -0.390. The molecule has 1 aliphatic heterocycles. The summed E-state index contributed by atoms with van der Waals surface area (Å²) in [5.74, 6) is 0.0975. The van der Waals surface area contributed by atoms with Crippen molar-refractivity contribution in [3.8, 4) is 0 Å². The van der Waals surface area contributed by atoms with Crippen LogP contribution in [0.25, 0.3) is 0 Å². The van der Waals surface area contributed by atoms with Crippen LogP contribution in [0.1, 0.15) is 10.4 Å². The first-order chi connectivity index (χ1) is 6.70. The molecule has 0 unspecified atom stereocenters. The second-order valence-electron chi connectivity index (χ2n) is 3.21. The lowest BCUT2D eigenvalue weighted by Crippen LogP contribution is -2.54. The minimum Gasteiger partial charge on any atom is -0.378 e. The van der Waals surface area contributed by atoms with E-state index in [0.29, 0.717) is 13.1 Å². The fourth-order valence-corrected chi connectivity index (χ4v) is 2.49. The predicted molar refractivity (Wildman–Crippen MR) is 58.7 cm³/mol. The summed E-state index contributed by atoms with van der Waals surface area (Å²) in [4.78, 5) is 13.6. The zero-order valence-corrected chi connectivity index (χ0v) is 10.1. The number of carbonyl (C=O) groups excluding carboxylic acids is 1. The first kappa shape index (κ1) is 10.1. The van der Waals surface area contributed by atoms with E-state index in [1.54, 1.807) is 12.0 Å². The first-order valence-corrected chi connectivity index (χ1v) is 5.94. The molecule has 2 rings (SSSR count). The summed E-state index contributed by atoms with van der Waals surface area (Å²) in [5.41, 5.74) is 0.761. The lowest BCUT2D eigenvalue weighted by Gasteiger charge is -2.37. The van der Waals surface area contributed by atoms with Gasteiger partial charge in [-0.25, -0.2) is 0 Å². The van der Waals surface area contributed by atoms with Crippen molar-refractivity contribution in [2.75, 3.05) is 20.2 Å². The van der Waals surface area contributed by atoms with E-state index in [1.807, 2.05) is 11.4 Å². The maximum atomic E-state index is 11.8. The van der Waals surface area contributed by atoms with Crippen LogP contribution in [-0.2, 0) is 4.74 Å². The van der Waals surface area contributed by atoms with Crippen LogP contribution >= 0.6 is 27.3 Å². The molecule has 1 fully saturated rings. The van der Waals surface area contributed by atoms with Crippen LogP contribution in [0.15, 0.2) is 15.2 Å². The molecule has 1 amide bonds. The number of thiophene rings is 1.